The van der Waals surface area contributed by atoms with Gasteiger partial charge in [-0.2, -0.15) is 0 Å². The molecule has 2 aromatic rings. The zero-order chi connectivity index (χ0) is 14.7. The number of hydrogen-bond acceptors (Lipinski definition) is 3. The van der Waals surface area contributed by atoms with E-state index in [2.05, 4.69) is 22.6 Å². The molecule has 20 heavy (non-hydrogen) atoms. The Labute approximate surface area is 157 Å². The first-order valence-corrected chi connectivity index (χ1v) is 8.81. The molecule has 3 nitrogen and oxygen atoms in total. The maximum absolute atomic E-state index is 12.0. The van der Waals surface area contributed by atoms with Crippen molar-refractivity contribution in [3.63, 3.8) is 0 Å². The molecule has 0 aliphatic heterocycles. The van der Waals surface area contributed by atoms with Crippen LogP contribution in [0.2, 0.25) is 0 Å². The van der Waals surface area contributed by atoms with Gasteiger partial charge < -0.3 is 9.84 Å². The fraction of sp³-hybridized carbons (Fsp3) is 0.0714. The lowest BCUT2D eigenvalue weighted by Crippen LogP contribution is -2.07. The van der Waals surface area contributed by atoms with E-state index in [-0.39, 0.29) is 18.3 Å². The third-order valence-electron chi connectivity index (χ3n) is 2.57. The second-order valence-corrected chi connectivity index (χ2v) is 7.44. The fourth-order valence-corrected chi connectivity index (χ4v) is 3.84. The first kappa shape index (κ1) is 16.3. The number of carbonyl (C=O) groups is 1. The lowest BCUT2D eigenvalue weighted by molar-refractivity contribution is 0.0471. The summed E-state index contributed by atoms with van der Waals surface area (Å²) in [6.07, 6.45) is 0. The van der Waals surface area contributed by atoms with Crippen LogP contribution in [0.1, 0.15) is 15.9 Å². The molecular formula is C14H9I3O3. The monoisotopic (exact) mass is 606 g/mol. The first-order chi connectivity index (χ1) is 9.49. The SMILES string of the molecule is O=C(OCc1ccccc1I)c1cc(I)c(O)c(I)c1. The van der Waals surface area contributed by atoms with Gasteiger partial charge in [0.15, 0.2) is 0 Å². The van der Waals surface area contributed by atoms with E-state index in [1.54, 1.807) is 12.1 Å². The molecular weight excluding hydrogens is 597 g/mol. The van der Waals surface area contributed by atoms with Crippen LogP contribution in [0.15, 0.2) is 36.4 Å². The first-order valence-electron chi connectivity index (χ1n) is 5.57. The maximum Gasteiger partial charge on any atom is 0.338 e. The lowest BCUT2D eigenvalue weighted by atomic mass is 10.2. The summed E-state index contributed by atoms with van der Waals surface area (Å²) in [6.45, 7) is 0.242. The van der Waals surface area contributed by atoms with Crippen molar-refractivity contribution >= 4 is 73.7 Å². The second-order valence-electron chi connectivity index (χ2n) is 3.96. The minimum absolute atomic E-state index is 0.195. The average Bonchev–Trinajstić information content (AvgIpc) is 2.43. The largest absolute Gasteiger partial charge is 0.506 e. The number of carbonyl (C=O) groups excluding carboxylic acids is 1. The molecule has 0 radical (unpaired) electrons. The lowest BCUT2D eigenvalue weighted by Gasteiger charge is -2.08. The Balaban J connectivity index is 2.11. The van der Waals surface area contributed by atoms with Gasteiger partial charge in [0.05, 0.1) is 12.7 Å². The highest BCUT2D eigenvalue weighted by atomic mass is 127. The van der Waals surface area contributed by atoms with Crippen LogP contribution in [0, 0.1) is 10.7 Å². The third kappa shape index (κ3) is 3.97. The molecule has 0 saturated carbocycles. The normalized spacial score (nSPS) is 10.3. The molecule has 0 unspecified atom stereocenters. The van der Waals surface area contributed by atoms with Crippen molar-refractivity contribution in [3.05, 3.63) is 58.2 Å². The summed E-state index contributed by atoms with van der Waals surface area (Å²) in [5.41, 5.74) is 1.42. The Morgan fingerprint density at radius 3 is 2.25 bits per heavy atom. The Bertz CT molecular complexity index is 633. The van der Waals surface area contributed by atoms with Crippen molar-refractivity contribution in [3.8, 4) is 5.75 Å². The fourth-order valence-electron chi connectivity index (χ4n) is 1.53. The number of rotatable bonds is 3. The zero-order valence-electron chi connectivity index (χ0n) is 10.1. The number of benzene rings is 2. The van der Waals surface area contributed by atoms with E-state index >= 15 is 0 Å². The number of esters is 1. The van der Waals surface area contributed by atoms with Crippen LogP contribution < -0.4 is 0 Å². The number of phenolic OH excluding ortho intramolecular Hbond substituents is 1. The van der Waals surface area contributed by atoms with Crippen molar-refractivity contribution in [2.75, 3.05) is 0 Å². The average molecular weight is 606 g/mol. The van der Waals surface area contributed by atoms with Gasteiger partial charge in [-0.15, -0.1) is 0 Å². The third-order valence-corrected chi connectivity index (χ3v) is 5.27. The summed E-state index contributed by atoms with van der Waals surface area (Å²) < 4.78 is 7.65. The van der Waals surface area contributed by atoms with Crippen molar-refractivity contribution in [1.82, 2.24) is 0 Å². The van der Waals surface area contributed by atoms with Crippen molar-refractivity contribution in [2.45, 2.75) is 6.61 Å². The molecule has 0 atom stereocenters. The van der Waals surface area contributed by atoms with E-state index in [1.807, 2.05) is 69.4 Å². The second kappa shape index (κ2) is 7.25. The van der Waals surface area contributed by atoms with Crippen LogP contribution in [0.3, 0.4) is 0 Å². The summed E-state index contributed by atoms with van der Waals surface area (Å²) in [4.78, 5) is 12.0. The highest BCUT2D eigenvalue weighted by molar-refractivity contribution is 14.1. The van der Waals surface area contributed by atoms with E-state index in [0.29, 0.717) is 12.7 Å². The predicted octanol–water partition coefficient (Wildman–Crippen LogP) is 4.56. The Hall–Kier alpha value is -0.100. The topological polar surface area (TPSA) is 46.5 Å². The van der Waals surface area contributed by atoms with E-state index in [0.717, 1.165) is 9.13 Å². The molecule has 0 heterocycles. The molecule has 0 bridgehead atoms. The van der Waals surface area contributed by atoms with Crippen molar-refractivity contribution in [2.24, 2.45) is 0 Å². The summed E-state index contributed by atoms with van der Waals surface area (Å²) >= 11 is 6.19. The molecule has 2 rings (SSSR count). The van der Waals surface area contributed by atoms with Gasteiger partial charge in [-0.3, -0.25) is 0 Å². The van der Waals surface area contributed by atoms with Crippen molar-refractivity contribution < 1.29 is 14.6 Å². The minimum atomic E-state index is -0.388. The van der Waals surface area contributed by atoms with Crippen LogP contribution in [0.4, 0.5) is 0 Å². The van der Waals surface area contributed by atoms with Gasteiger partial charge in [-0.25, -0.2) is 4.79 Å². The van der Waals surface area contributed by atoms with E-state index < -0.39 is 0 Å². The zero-order valence-corrected chi connectivity index (χ0v) is 16.5. The summed E-state index contributed by atoms with van der Waals surface area (Å²) in [6, 6.07) is 11.0. The highest BCUT2D eigenvalue weighted by Crippen LogP contribution is 2.27. The van der Waals surface area contributed by atoms with Crippen LogP contribution in [0.5, 0.6) is 5.75 Å². The Morgan fingerprint density at radius 2 is 1.65 bits per heavy atom. The van der Waals surface area contributed by atoms with Gasteiger partial charge in [0.25, 0.3) is 0 Å². The molecule has 2 aromatic carbocycles. The van der Waals surface area contributed by atoms with Gasteiger partial charge in [0.2, 0.25) is 0 Å². The molecule has 0 aromatic heterocycles. The molecule has 0 aliphatic rings. The molecule has 0 aliphatic carbocycles. The van der Waals surface area contributed by atoms with Crippen LogP contribution >= 0.6 is 67.8 Å². The van der Waals surface area contributed by atoms with Gasteiger partial charge in [-0.05, 0) is 86.0 Å². The van der Waals surface area contributed by atoms with Crippen molar-refractivity contribution in [1.29, 1.82) is 0 Å². The Morgan fingerprint density at radius 1 is 1.05 bits per heavy atom. The van der Waals surface area contributed by atoms with Crippen LogP contribution in [-0.2, 0) is 11.3 Å². The van der Waals surface area contributed by atoms with E-state index in [4.69, 9.17) is 4.74 Å². The smallest absolute Gasteiger partial charge is 0.338 e. The van der Waals surface area contributed by atoms with Crippen LogP contribution in [-0.4, -0.2) is 11.1 Å². The molecule has 0 saturated heterocycles. The minimum Gasteiger partial charge on any atom is -0.506 e. The quantitative estimate of drug-likeness (QED) is 0.412. The van der Waals surface area contributed by atoms with E-state index in [9.17, 15) is 9.90 Å². The van der Waals surface area contributed by atoms with Gasteiger partial charge in [0, 0.05) is 9.13 Å². The predicted molar refractivity (Wildman–Crippen MR) is 102 cm³/mol. The number of hydrogen-bond donors (Lipinski definition) is 1. The summed E-state index contributed by atoms with van der Waals surface area (Å²) in [7, 11) is 0. The van der Waals surface area contributed by atoms with Gasteiger partial charge in [-0.1, -0.05) is 18.2 Å². The highest BCUT2D eigenvalue weighted by Gasteiger charge is 2.13. The standard InChI is InChI=1S/C14H9I3O3/c15-10-4-2-1-3-8(10)7-20-14(19)9-5-11(16)13(18)12(17)6-9/h1-6,18H,7H2. The number of ether oxygens (including phenoxy) is 1. The van der Waals surface area contributed by atoms with E-state index in [1.165, 1.54) is 0 Å². The van der Waals surface area contributed by atoms with Gasteiger partial charge >= 0.3 is 5.97 Å². The molecule has 104 valence electrons. The number of aromatic hydroxyl groups is 1. The molecule has 1 N–H and O–H groups in total. The number of halogens is 3. The number of phenols is 1. The molecule has 0 amide bonds. The molecule has 6 heteroatoms. The summed E-state index contributed by atoms with van der Waals surface area (Å²) in [5, 5.41) is 9.69. The molecule has 0 fully saturated rings. The Kier molecular flexibility index (Phi) is 5.90. The maximum atomic E-state index is 12.0. The van der Waals surface area contributed by atoms with Crippen LogP contribution in [0.25, 0.3) is 0 Å². The van der Waals surface area contributed by atoms with Gasteiger partial charge in [0.1, 0.15) is 12.4 Å². The molecule has 0 spiro atoms. The summed E-state index contributed by atoms with van der Waals surface area (Å²) in [5.74, 6) is -0.194.